The van der Waals surface area contributed by atoms with Gasteiger partial charge in [0.15, 0.2) is 17.5 Å². The lowest BCUT2D eigenvalue weighted by Gasteiger charge is -2.14. The minimum absolute atomic E-state index is 0.559. The molecule has 0 atom stereocenters. The second kappa shape index (κ2) is 14.7. The van der Waals surface area contributed by atoms with Gasteiger partial charge in [0.25, 0.3) is 0 Å². The number of aromatic nitrogens is 3. The Balaban J connectivity index is 1.12. The number of para-hydroxylation sites is 3. The highest BCUT2D eigenvalue weighted by Gasteiger charge is 2.20. The standard InChI is InChI=1S/C57H35N3O2/c1-3-15-36(16-4-1)37-29-31-39(32-30-37)55-58-56(60-57(59-55)48-21-8-7-19-43(48)38-17-5-2-6-18-38)42-34-40(44-23-14-28-52-53(44)49-22-10-12-27-51(49)61-52)33-41(35-42)45-24-13-25-47-46-20-9-11-26-50(46)62-54(45)47/h1-35H. The van der Waals surface area contributed by atoms with E-state index in [1.165, 1.54) is 0 Å². The molecule has 0 bridgehead atoms. The Kier molecular flexibility index (Phi) is 8.42. The van der Waals surface area contributed by atoms with Crippen LogP contribution in [0.4, 0.5) is 0 Å². The van der Waals surface area contributed by atoms with Crippen LogP contribution in [0.1, 0.15) is 0 Å². The average molecular weight is 794 g/mol. The predicted octanol–water partition coefficient (Wildman–Crippen LogP) is 15.3. The van der Waals surface area contributed by atoms with Crippen molar-refractivity contribution < 1.29 is 8.83 Å². The van der Waals surface area contributed by atoms with E-state index in [2.05, 4.69) is 164 Å². The first kappa shape index (κ1) is 35.5. The molecule has 0 unspecified atom stereocenters. The van der Waals surface area contributed by atoms with Crippen molar-refractivity contribution in [3.63, 3.8) is 0 Å². The number of hydrogen-bond donors (Lipinski definition) is 0. The van der Waals surface area contributed by atoms with Crippen molar-refractivity contribution >= 4 is 43.9 Å². The molecular weight excluding hydrogens is 759 g/mol. The lowest BCUT2D eigenvalue weighted by atomic mass is 9.92. The summed E-state index contributed by atoms with van der Waals surface area (Å²) in [5.74, 6) is 1.73. The summed E-state index contributed by atoms with van der Waals surface area (Å²) >= 11 is 0. The molecular formula is C57H35N3O2. The van der Waals surface area contributed by atoms with Gasteiger partial charge in [-0.15, -0.1) is 0 Å². The molecule has 0 aliphatic carbocycles. The Bertz CT molecular complexity index is 3630. The van der Waals surface area contributed by atoms with Crippen molar-refractivity contribution in [2.45, 2.75) is 0 Å². The van der Waals surface area contributed by atoms with Crippen LogP contribution < -0.4 is 0 Å². The van der Waals surface area contributed by atoms with E-state index in [4.69, 9.17) is 23.8 Å². The number of hydrogen-bond acceptors (Lipinski definition) is 5. The number of nitrogens with zero attached hydrogens (tertiary/aromatic N) is 3. The largest absolute Gasteiger partial charge is 0.456 e. The minimum Gasteiger partial charge on any atom is -0.456 e. The minimum atomic E-state index is 0.559. The summed E-state index contributed by atoms with van der Waals surface area (Å²) in [7, 11) is 0. The Labute approximate surface area is 357 Å². The van der Waals surface area contributed by atoms with Crippen LogP contribution in [0.2, 0.25) is 0 Å². The van der Waals surface area contributed by atoms with Crippen LogP contribution in [0.25, 0.3) is 123 Å². The molecule has 0 N–H and O–H groups in total. The number of fused-ring (bicyclic) bond motifs is 6. The van der Waals surface area contributed by atoms with Crippen LogP contribution in [0, 0.1) is 0 Å². The fourth-order valence-electron chi connectivity index (χ4n) is 8.80. The molecule has 0 spiro atoms. The molecule has 0 aliphatic rings. The molecule has 0 radical (unpaired) electrons. The second-order valence-electron chi connectivity index (χ2n) is 15.5. The molecule has 5 heteroatoms. The molecule has 290 valence electrons. The number of furan rings is 2. The van der Waals surface area contributed by atoms with Gasteiger partial charge >= 0.3 is 0 Å². The zero-order chi connectivity index (χ0) is 41.0. The average Bonchev–Trinajstić information content (AvgIpc) is 3.93. The molecule has 62 heavy (non-hydrogen) atoms. The van der Waals surface area contributed by atoms with Crippen molar-refractivity contribution in [1.29, 1.82) is 0 Å². The van der Waals surface area contributed by atoms with E-state index in [-0.39, 0.29) is 0 Å². The predicted molar refractivity (Wildman–Crippen MR) is 252 cm³/mol. The topological polar surface area (TPSA) is 65.0 Å². The van der Waals surface area contributed by atoms with E-state index in [9.17, 15) is 0 Å². The van der Waals surface area contributed by atoms with Crippen molar-refractivity contribution in [3.8, 4) is 78.7 Å². The van der Waals surface area contributed by atoms with E-state index in [1.54, 1.807) is 0 Å². The summed E-state index contributed by atoms with van der Waals surface area (Å²) in [6.45, 7) is 0. The summed E-state index contributed by atoms with van der Waals surface area (Å²) in [6, 6.07) is 73.3. The number of rotatable bonds is 7. The van der Waals surface area contributed by atoms with Crippen LogP contribution in [0.3, 0.4) is 0 Å². The van der Waals surface area contributed by atoms with Gasteiger partial charge < -0.3 is 8.83 Å². The molecule has 3 aromatic heterocycles. The maximum Gasteiger partial charge on any atom is 0.164 e. The summed E-state index contributed by atoms with van der Waals surface area (Å²) in [5.41, 5.74) is 14.4. The Hall–Kier alpha value is -8.41. The molecule has 0 aliphatic heterocycles. The summed E-state index contributed by atoms with van der Waals surface area (Å²) in [5, 5.41) is 4.26. The van der Waals surface area contributed by atoms with E-state index in [1.807, 2.05) is 48.5 Å². The quantitative estimate of drug-likeness (QED) is 0.161. The SMILES string of the molecule is c1ccc(-c2ccc(-c3nc(-c4cc(-c5cccc6c5oc5ccccc56)cc(-c5cccc6oc7ccccc7c56)c4)nc(-c4ccccc4-c4ccccc4)n3)cc2)cc1. The molecule has 9 aromatic carbocycles. The zero-order valence-corrected chi connectivity index (χ0v) is 33.4. The normalized spacial score (nSPS) is 11.5. The third kappa shape index (κ3) is 6.14. The molecule has 5 nitrogen and oxygen atoms in total. The third-order valence-electron chi connectivity index (χ3n) is 11.8. The molecule has 3 heterocycles. The second-order valence-corrected chi connectivity index (χ2v) is 15.5. The van der Waals surface area contributed by atoms with E-state index >= 15 is 0 Å². The fourth-order valence-corrected chi connectivity index (χ4v) is 8.80. The van der Waals surface area contributed by atoms with Crippen LogP contribution in [-0.4, -0.2) is 15.0 Å². The number of benzene rings is 9. The summed E-state index contributed by atoms with van der Waals surface area (Å²) in [4.78, 5) is 15.9. The van der Waals surface area contributed by atoms with Gasteiger partial charge in [0.2, 0.25) is 0 Å². The lowest BCUT2D eigenvalue weighted by Crippen LogP contribution is -2.01. The Morgan fingerprint density at radius 2 is 0.742 bits per heavy atom. The Morgan fingerprint density at radius 3 is 1.52 bits per heavy atom. The van der Waals surface area contributed by atoms with Gasteiger partial charge in [-0.05, 0) is 75.3 Å². The molecule has 0 saturated carbocycles. The molecule has 0 amide bonds. The lowest BCUT2D eigenvalue weighted by molar-refractivity contribution is 0.669. The van der Waals surface area contributed by atoms with Crippen molar-refractivity contribution in [3.05, 3.63) is 212 Å². The van der Waals surface area contributed by atoms with Crippen molar-refractivity contribution in [1.82, 2.24) is 15.0 Å². The van der Waals surface area contributed by atoms with Gasteiger partial charge in [-0.25, -0.2) is 15.0 Å². The van der Waals surface area contributed by atoms with E-state index < -0.39 is 0 Å². The first-order chi connectivity index (χ1) is 30.7. The van der Waals surface area contributed by atoms with Crippen molar-refractivity contribution in [2.75, 3.05) is 0 Å². The maximum atomic E-state index is 6.64. The molecule has 0 saturated heterocycles. The fraction of sp³-hybridized carbons (Fsp3) is 0. The van der Waals surface area contributed by atoms with Gasteiger partial charge in [-0.1, -0.05) is 176 Å². The summed E-state index contributed by atoms with van der Waals surface area (Å²) in [6.07, 6.45) is 0. The van der Waals surface area contributed by atoms with Crippen LogP contribution in [-0.2, 0) is 0 Å². The van der Waals surface area contributed by atoms with Gasteiger partial charge in [0.05, 0.1) is 0 Å². The van der Waals surface area contributed by atoms with E-state index in [0.29, 0.717) is 17.5 Å². The van der Waals surface area contributed by atoms with Gasteiger partial charge in [-0.2, -0.15) is 0 Å². The van der Waals surface area contributed by atoms with Crippen LogP contribution in [0.15, 0.2) is 221 Å². The highest BCUT2D eigenvalue weighted by Crippen LogP contribution is 2.43. The highest BCUT2D eigenvalue weighted by atomic mass is 16.3. The third-order valence-corrected chi connectivity index (χ3v) is 11.8. The van der Waals surface area contributed by atoms with E-state index in [0.717, 1.165) is 105 Å². The van der Waals surface area contributed by atoms with Crippen molar-refractivity contribution in [2.24, 2.45) is 0 Å². The molecule has 0 fully saturated rings. The smallest absolute Gasteiger partial charge is 0.164 e. The monoisotopic (exact) mass is 793 g/mol. The summed E-state index contributed by atoms with van der Waals surface area (Å²) < 4.78 is 13.0. The van der Waals surface area contributed by atoms with Crippen LogP contribution >= 0.6 is 0 Å². The van der Waals surface area contributed by atoms with Gasteiger partial charge in [-0.3, -0.25) is 0 Å². The maximum absolute atomic E-state index is 6.64. The van der Waals surface area contributed by atoms with Gasteiger partial charge in [0.1, 0.15) is 22.3 Å². The molecule has 12 rings (SSSR count). The first-order valence-corrected chi connectivity index (χ1v) is 20.8. The first-order valence-electron chi connectivity index (χ1n) is 20.8. The Morgan fingerprint density at radius 1 is 0.258 bits per heavy atom. The highest BCUT2D eigenvalue weighted by molar-refractivity contribution is 6.13. The molecule has 12 aromatic rings. The van der Waals surface area contributed by atoms with Crippen LogP contribution in [0.5, 0.6) is 0 Å². The van der Waals surface area contributed by atoms with Gasteiger partial charge in [0, 0.05) is 43.8 Å². The zero-order valence-electron chi connectivity index (χ0n) is 33.4.